The van der Waals surface area contributed by atoms with Gasteiger partial charge < -0.3 is 0 Å². The molecule has 2 aromatic carbocycles. The van der Waals surface area contributed by atoms with Gasteiger partial charge in [0.1, 0.15) is 0 Å². The lowest BCUT2D eigenvalue weighted by Crippen LogP contribution is -2.29. The second-order valence-electron chi connectivity index (χ2n) is 5.10. The SMILES string of the molecule is O=C(CCNS(=O)(=O)c1ccc([N+](=O)[O-])cc1)N/N=C/c1ccccc1. The second-order valence-corrected chi connectivity index (χ2v) is 6.87. The number of rotatable bonds is 8. The first kappa shape index (κ1) is 19.2. The molecule has 0 fully saturated rings. The molecule has 26 heavy (non-hydrogen) atoms. The van der Waals surface area contributed by atoms with Crippen LogP contribution in [-0.4, -0.2) is 32.0 Å². The molecule has 9 nitrogen and oxygen atoms in total. The van der Waals surface area contributed by atoms with E-state index in [1.807, 2.05) is 30.3 Å². The minimum Gasteiger partial charge on any atom is -0.273 e. The summed E-state index contributed by atoms with van der Waals surface area (Å²) >= 11 is 0. The van der Waals surface area contributed by atoms with E-state index < -0.39 is 20.9 Å². The highest BCUT2D eigenvalue weighted by Crippen LogP contribution is 2.15. The molecule has 2 N–H and O–H groups in total. The van der Waals surface area contributed by atoms with E-state index in [2.05, 4.69) is 15.2 Å². The van der Waals surface area contributed by atoms with Gasteiger partial charge in [-0.2, -0.15) is 5.10 Å². The highest BCUT2D eigenvalue weighted by Gasteiger charge is 2.15. The third kappa shape index (κ3) is 5.76. The van der Waals surface area contributed by atoms with E-state index in [9.17, 15) is 23.3 Å². The van der Waals surface area contributed by atoms with Crippen molar-refractivity contribution in [2.24, 2.45) is 5.10 Å². The number of carbonyl (C=O) groups excluding carboxylic acids is 1. The molecule has 0 aliphatic rings. The summed E-state index contributed by atoms with van der Waals surface area (Å²) < 4.78 is 26.4. The number of hydrazone groups is 1. The zero-order valence-corrected chi connectivity index (χ0v) is 14.3. The number of nitrogens with one attached hydrogen (secondary N) is 2. The van der Waals surface area contributed by atoms with E-state index in [0.29, 0.717) is 0 Å². The molecule has 0 aromatic heterocycles. The lowest BCUT2D eigenvalue weighted by Gasteiger charge is -2.06. The lowest BCUT2D eigenvalue weighted by atomic mass is 10.2. The molecule has 0 aliphatic heterocycles. The Kier molecular flexibility index (Phi) is 6.53. The Morgan fingerprint density at radius 3 is 2.38 bits per heavy atom. The van der Waals surface area contributed by atoms with Gasteiger partial charge in [-0.1, -0.05) is 30.3 Å². The smallest absolute Gasteiger partial charge is 0.269 e. The van der Waals surface area contributed by atoms with Gasteiger partial charge >= 0.3 is 0 Å². The molecule has 10 heteroatoms. The van der Waals surface area contributed by atoms with Gasteiger partial charge in [-0.3, -0.25) is 14.9 Å². The summed E-state index contributed by atoms with van der Waals surface area (Å²) in [6.45, 7) is -0.133. The average molecular weight is 376 g/mol. The van der Waals surface area contributed by atoms with Gasteiger partial charge in [0.15, 0.2) is 0 Å². The van der Waals surface area contributed by atoms with Crippen molar-refractivity contribution in [2.45, 2.75) is 11.3 Å². The Balaban J connectivity index is 1.81. The maximum absolute atomic E-state index is 12.1. The van der Waals surface area contributed by atoms with E-state index in [4.69, 9.17) is 0 Å². The van der Waals surface area contributed by atoms with E-state index in [1.54, 1.807) is 0 Å². The van der Waals surface area contributed by atoms with Crippen molar-refractivity contribution in [1.29, 1.82) is 0 Å². The minimum absolute atomic E-state index is 0.113. The average Bonchev–Trinajstić information content (AvgIpc) is 2.62. The Morgan fingerprint density at radius 1 is 1.12 bits per heavy atom. The van der Waals surface area contributed by atoms with Crippen LogP contribution < -0.4 is 10.1 Å². The van der Waals surface area contributed by atoms with E-state index in [0.717, 1.165) is 29.8 Å². The third-order valence-corrected chi connectivity index (χ3v) is 4.68. The number of amides is 1. The second kappa shape index (κ2) is 8.83. The van der Waals surface area contributed by atoms with Gasteiger partial charge in [-0.15, -0.1) is 0 Å². The highest BCUT2D eigenvalue weighted by atomic mass is 32.2. The van der Waals surface area contributed by atoms with Crippen molar-refractivity contribution in [3.8, 4) is 0 Å². The first-order valence-electron chi connectivity index (χ1n) is 7.49. The fourth-order valence-electron chi connectivity index (χ4n) is 1.90. The van der Waals surface area contributed by atoms with Gasteiger partial charge in [0.05, 0.1) is 16.0 Å². The molecule has 0 radical (unpaired) electrons. The zero-order chi connectivity index (χ0) is 19.0. The van der Waals surface area contributed by atoms with E-state index >= 15 is 0 Å². The topological polar surface area (TPSA) is 131 Å². The molecule has 2 aromatic rings. The number of hydrogen-bond acceptors (Lipinski definition) is 6. The number of nitro groups is 1. The molecule has 0 saturated carbocycles. The van der Waals surface area contributed by atoms with Gasteiger partial charge in [-0.25, -0.2) is 18.6 Å². The van der Waals surface area contributed by atoms with Crippen molar-refractivity contribution < 1.29 is 18.1 Å². The maximum Gasteiger partial charge on any atom is 0.269 e. The molecule has 0 heterocycles. The van der Waals surface area contributed by atoms with Crippen LogP contribution in [0, 0.1) is 10.1 Å². The summed E-state index contributed by atoms with van der Waals surface area (Å²) in [6, 6.07) is 13.6. The largest absolute Gasteiger partial charge is 0.273 e. The minimum atomic E-state index is -3.85. The quantitative estimate of drug-likeness (QED) is 0.409. The predicted octanol–water partition coefficient (Wildman–Crippen LogP) is 1.41. The molecule has 136 valence electrons. The standard InChI is InChI=1S/C16H16N4O5S/c21-16(19-17-12-13-4-2-1-3-5-13)10-11-18-26(24,25)15-8-6-14(7-9-15)20(22)23/h1-9,12,18H,10-11H2,(H,19,21)/b17-12+. The number of nitrogens with zero attached hydrogens (tertiary/aromatic N) is 2. The number of benzene rings is 2. The number of non-ortho nitro benzene ring substituents is 1. The molecular weight excluding hydrogens is 360 g/mol. The van der Waals surface area contributed by atoms with Crippen LogP contribution in [0.15, 0.2) is 64.6 Å². The van der Waals surface area contributed by atoms with Gasteiger partial charge in [0.2, 0.25) is 15.9 Å². The normalized spacial score (nSPS) is 11.4. The third-order valence-electron chi connectivity index (χ3n) is 3.20. The van der Waals surface area contributed by atoms with E-state index in [1.165, 1.54) is 6.21 Å². The van der Waals surface area contributed by atoms with Crippen LogP contribution >= 0.6 is 0 Å². The molecule has 0 unspecified atom stereocenters. The van der Waals surface area contributed by atoms with Crippen molar-refractivity contribution in [1.82, 2.24) is 10.1 Å². The maximum atomic E-state index is 12.1. The Morgan fingerprint density at radius 2 is 1.77 bits per heavy atom. The summed E-state index contributed by atoms with van der Waals surface area (Å²) in [6.07, 6.45) is 1.36. The number of carbonyl (C=O) groups is 1. The summed E-state index contributed by atoms with van der Waals surface area (Å²) in [5, 5.41) is 14.3. The van der Waals surface area contributed by atoms with Gasteiger partial charge in [0, 0.05) is 25.1 Å². The highest BCUT2D eigenvalue weighted by molar-refractivity contribution is 7.89. The molecule has 0 bridgehead atoms. The Labute approximate surface area is 149 Å². The van der Waals surface area contributed by atoms with Crippen LogP contribution in [0.4, 0.5) is 5.69 Å². The van der Waals surface area contributed by atoms with Crippen LogP contribution in [0.25, 0.3) is 0 Å². The number of hydrogen-bond donors (Lipinski definition) is 2. The van der Waals surface area contributed by atoms with Crippen LogP contribution in [-0.2, 0) is 14.8 Å². The first-order chi connectivity index (χ1) is 12.4. The molecule has 2 rings (SSSR count). The van der Waals surface area contributed by atoms with E-state index in [-0.39, 0.29) is 23.5 Å². The van der Waals surface area contributed by atoms with Gasteiger partial charge in [-0.05, 0) is 17.7 Å². The monoisotopic (exact) mass is 376 g/mol. The molecule has 0 saturated heterocycles. The Hall–Kier alpha value is -3.11. The molecule has 0 aliphatic carbocycles. The van der Waals surface area contributed by atoms with Crippen LogP contribution in [0.3, 0.4) is 0 Å². The van der Waals surface area contributed by atoms with Crippen LogP contribution in [0.5, 0.6) is 0 Å². The van der Waals surface area contributed by atoms with Crippen molar-refractivity contribution in [3.63, 3.8) is 0 Å². The molecular formula is C16H16N4O5S. The Bertz CT molecular complexity index is 896. The fourth-order valence-corrected chi connectivity index (χ4v) is 2.93. The van der Waals surface area contributed by atoms with Crippen LogP contribution in [0.1, 0.15) is 12.0 Å². The van der Waals surface area contributed by atoms with Crippen molar-refractivity contribution >= 4 is 27.8 Å². The number of sulfonamides is 1. The summed E-state index contributed by atoms with van der Waals surface area (Å²) in [4.78, 5) is 21.5. The first-order valence-corrected chi connectivity index (χ1v) is 8.98. The van der Waals surface area contributed by atoms with Crippen LogP contribution in [0.2, 0.25) is 0 Å². The fraction of sp³-hybridized carbons (Fsp3) is 0.125. The molecule has 1 amide bonds. The van der Waals surface area contributed by atoms with Gasteiger partial charge in [0.25, 0.3) is 5.69 Å². The summed E-state index contributed by atoms with van der Waals surface area (Å²) in [5.74, 6) is -0.455. The predicted molar refractivity (Wildman–Crippen MR) is 95.1 cm³/mol. The van der Waals surface area contributed by atoms with Crippen molar-refractivity contribution in [2.75, 3.05) is 6.54 Å². The molecule has 0 spiro atoms. The van der Waals surface area contributed by atoms with Crippen molar-refractivity contribution in [3.05, 3.63) is 70.3 Å². The lowest BCUT2D eigenvalue weighted by molar-refractivity contribution is -0.384. The number of nitro benzene ring substituents is 1. The molecule has 0 atom stereocenters. The zero-order valence-electron chi connectivity index (χ0n) is 13.5. The summed E-state index contributed by atoms with van der Waals surface area (Å²) in [5.41, 5.74) is 2.90. The summed E-state index contributed by atoms with van der Waals surface area (Å²) in [7, 11) is -3.85.